The Hall–Kier alpha value is -2.83. The quantitative estimate of drug-likeness (QED) is 0.630. The smallest absolute Gasteiger partial charge is 0.354 e. The average molecular weight is 259 g/mol. The van der Waals surface area contributed by atoms with E-state index in [2.05, 4.69) is 15.5 Å². The zero-order valence-corrected chi connectivity index (χ0v) is 9.61. The molecule has 0 unspecified atom stereocenters. The molecule has 2 aromatic rings. The zero-order chi connectivity index (χ0) is 13.6. The third-order valence-electron chi connectivity index (χ3n) is 3.01. The summed E-state index contributed by atoms with van der Waals surface area (Å²) in [5, 5.41) is 16.3. The Morgan fingerprint density at radius 1 is 1.21 bits per heavy atom. The Balaban J connectivity index is 2.17. The van der Waals surface area contributed by atoms with Crippen molar-refractivity contribution < 1.29 is 14.7 Å². The summed E-state index contributed by atoms with van der Waals surface area (Å²) >= 11 is 0. The van der Waals surface area contributed by atoms with E-state index in [9.17, 15) is 14.4 Å². The Morgan fingerprint density at radius 3 is 2.74 bits per heavy atom. The average Bonchev–Trinajstić information content (AvgIpc) is 2.89. The number of aromatic nitrogens is 2. The number of carbonyl (C=O) groups is 2. The summed E-state index contributed by atoms with van der Waals surface area (Å²) in [5.41, 5.74) is 1.28. The van der Waals surface area contributed by atoms with Gasteiger partial charge in [-0.3, -0.25) is 19.8 Å². The molecule has 0 atom stereocenters. The first-order chi connectivity index (χ1) is 9.06. The van der Waals surface area contributed by atoms with Crippen molar-refractivity contribution in [3.05, 3.63) is 39.8 Å². The van der Waals surface area contributed by atoms with Gasteiger partial charge in [-0.1, -0.05) is 6.07 Å². The minimum atomic E-state index is -1.22. The van der Waals surface area contributed by atoms with Crippen molar-refractivity contribution in [2.24, 2.45) is 0 Å². The van der Waals surface area contributed by atoms with Gasteiger partial charge in [0.25, 0.3) is 5.56 Å². The molecular weight excluding hydrogens is 250 g/mol. The van der Waals surface area contributed by atoms with Crippen LogP contribution in [0.4, 0.5) is 5.69 Å². The maximum absolute atomic E-state index is 11.7. The van der Waals surface area contributed by atoms with E-state index in [4.69, 9.17) is 5.11 Å². The van der Waals surface area contributed by atoms with Crippen LogP contribution in [0.5, 0.6) is 0 Å². The molecule has 0 aliphatic carbocycles. The number of H-pyrrole nitrogens is 2. The van der Waals surface area contributed by atoms with E-state index in [0.717, 1.165) is 5.56 Å². The fourth-order valence-electron chi connectivity index (χ4n) is 2.18. The van der Waals surface area contributed by atoms with Crippen LogP contribution in [0.2, 0.25) is 0 Å². The molecule has 3 rings (SSSR count). The molecule has 0 fully saturated rings. The van der Waals surface area contributed by atoms with Crippen molar-refractivity contribution in [2.45, 2.75) is 6.42 Å². The second-order valence-electron chi connectivity index (χ2n) is 4.23. The van der Waals surface area contributed by atoms with Crippen molar-refractivity contribution in [2.75, 3.05) is 5.32 Å². The number of amides is 1. The van der Waals surface area contributed by atoms with Gasteiger partial charge in [-0.15, -0.1) is 0 Å². The lowest BCUT2D eigenvalue weighted by atomic mass is 10.0. The van der Waals surface area contributed by atoms with Crippen molar-refractivity contribution in [1.29, 1.82) is 0 Å². The number of hydrogen-bond donors (Lipinski definition) is 4. The van der Waals surface area contributed by atoms with Gasteiger partial charge in [0.1, 0.15) is 0 Å². The zero-order valence-electron chi connectivity index (χ0n) is 9.61. The number of hydrogen-bond acceptors (Lipinski definition) is 3. The van der Waals surface area contributed by atoms with Gasteiger partial charge in [0, 0.05) is 5.69 Å². The summed E-state index contributed by atoms with van der Waals surface area (Å²) in [5.74, 6) is -1.34. The molecule has 4 N–H and O–H groups in total. The summed E-state index contributed by atoms with van der Waals surface area (Å²) < 4.78 is 0. The molecule has 7 nitrogen and oxygen atoms in total. The van der Waals surface area contributed by atoms with Crippen LogP contribution in [0.25, 0.3) is 11.1 Å². The molecule has 1 aromatic carbocycles. The molecule has 2 heterocycles. The highest BCUT2D eigenvalue weighted by Crippen LogP contribution is 2.28. The maximum Gasteiger partial charge on any atom is 0.354 e. The van der Waals surface area contributed by atoms with Gasteiger partial charge in [0.15, 0.2) is 5.69 Å². The van der Waals surface area contributed by atoms with Gasteiger partial charge in [-0.05, 0) is 23.3 Å². The largest absolute Gasteiger partial charge is 0.477 e. The second kappa shape index (κ2) is 3.84. The third kappa shape index (κ3) is 1.71. The van der Waals surface area contributed by atoms with Gasteiger partial charge in [-0.2, -0.15) is 0 Å². The molecule has 0 spiro atoms. The standard InChI is InChI=1S/C12H9N3O4/c16-8-4-6-3-5(1-2-7(6)13-8)9-10(12(18)19)14-15-11(9)17/h1-3H,4H2,(H,13,16)(H,18,19)(H2,14,15,17). The van der Waals surface area contributed by atoms with Crippen LogP contribution in [0, 0.1) is 0 Å². The minimum absolute atomic E-state index is 0.0645. The van der Waals surface area contributed by atoms with Crippen LogP contribution in [-0.2, 0) is 11.2 Å². The molecule has 0 radical (unpaired) electrons. The summed E-state index contributed by atoms with van der Waals surface area (Å²) in [7, 11) is 0. The fourth-order valence-corrected chi connectivity index (χ4v) is 2.18. The number of fused-ring (bicyclic) bond motifs is 1. The Morgan fingerprint density at radius 2 is 2.00 bits per heavy atom. The van der Waals surface area contributed by atoms with Crippen molar-refractivity contribution in [3.63, 3.8) is 0 Å². The number of benzene rings is 1. The second-order valence-corrected chi connectivity index (χ2v) is 4.23. The van der Waals surface area contributed by atoms with Crippen molar-refractivity contribution in [3.8, 4) is 11.1 Å². The number of anilines is 1. The highest BCUT2D eigenvalue weighted by Gasteiger charge is 2.22. The molecule has 1 amide bonds. The molecule has 0 saturated carbocycles. The molecule has 0 saturated heterocycles. The fraction of sp³-hybridized carbons (Fsp3) is 0.0833. The van der Waals surface area contributed by atoms with Gasteiger partial charge in [-0.25, -0.2) is 4.79 Å². The predicted octanol–water partition coefficient (Wildman–Crippen LogP) is 0.563. The molecule has 1 aromatic heterocycles. The monoisotopic (exact) mass is 259 g/mol. The first-order valence-electron chi connectivity index (χ1n) is 5.53. The number of carbonyl (C=O) groups excluding carboxylic acids is 1. The summed E-state index contributed by atoms with van der Waals surface area (Å²) in [4.78, 5) is 34.0. The molecule has 0 bridgehead atoms. The van der Waals surface area contributed by atoms with Crippen LogP contribution in [0.1, 0.15) is 16.1 Å². The lowest BCUT2D eigenvalue weighted by molar-refractivity contribution is -0.115. The lowest BCUT2D eigenvalue weighted by Gasteiger charge is -2.02. The van der Waals surface area contributed by atoms with E-state index >= 15 is 0 Å². The Labute approximate surface area is 106 Å². The topological polar surface area (TPSA) is 115 Å². The Kier molecular flexibility index (Phi) is 2.28. The van der Waals surface area contributed by atoms with Crippen molar-refractivity contribution >= 4 is 17.6 Å². The van der Waals surface area contributed by atoms with Gasteiger partial charge in [0.2, 0.25) is 5.91 Å². The number of carboxylic acids is 1. The number of carboxylic acid groups (broad SMARTS) is 1. The van der Waals surface area contributed by atoms with Crippen LogP contribution >= 0.6 is 0 Å². The van der Waals surface area contributed by atoms with Gasteiger partial charge >= 0.3 is 5.97 Å². The predicted molar refractivity (Wildman–Crippen MR) is 66.1 cm³/mol. The van der Waals surface area contributed by atoms with E-state index in [1.54, 1.807) is 18.2 Å². The minimum Gasteiger partial charge on any atom is -0.477 e. The molecular formula is C12H9N3O4. The van der Waals surface area contributed by atoms with Gasteiger partial charge < -0.3 is 10.4 Å². The highest BCUT2D eigenvalue weighted by molar-refractivity contribution is 6.00. The summed E-state index contributed by atoms with van der Waals surface area (Å²) in [6, 6.07) is 4.92. The first kappa shape index (κ1) is 11.3. The number of nitrogens with one attached hydrogen (secondary N) is 3. The number of aromatic amines is 2. The van der Waals surface area contributed by atoms with E-state index in [-0.39, 0.29) is 23.6 Å². The van der Waals surface area contributed by atoms with Crippen LogP contribution < -0.4 is 10.9 Å². The van der Waals surface area contributed by atoms with Crippen LogP contribution in [0.3, 0.4) is 0 Å². The van der Waals surface area contributed by atoms with Crippen LogP contribution in [-0.4, -0.2) is 27.2 Å². The number of rotatable bonds is 2. The van der Waals surface area contributed by atoms with E-state index in [0.29, 0.717) is 11.3 Å². The summed E-state index contributed by atoms with van der Waals surface area (Å²) in [6.45, 7) is 0. The number of aromatic carboxylic acids is 1. The summed E-state index contributed by atoms with van der Waals surface area (Å²) in [6.07, 6.45) is 0.230. The van der Waals surface area contributed by atoms with E-state index in [1.807, 2.05) is 0 Å². The Bertz CT molecular complexity index is 757. The third-order valence-corrected chi connectivity index (χ3v) is 3.01. The maximum atomic E-state index is 11.7. The molecule has 1 aliphatic heterocycles. The first-order valence-corrected chi connectivity index (χ1v) is 5.53. The van der Waals surface area contributed by atoms with E-state index in [1.165, 1.54) is 0 Å². The lowest BCUT2D eigenvalue weighted by Crippen LogP contribution is -2.05. The molecule has 96 valence electrons. The van der Waals surface area contributed by atoms with Crippen LogP contribution in [0.15, 0.2) is 23.0 Å². The SMILES string of the molecule is O=C1Cc2cc(-c3c(C(=O)O)[nH][nH]c3=O)ccc2N1. The van der Waals surface area contributed by atoms with Gasteiger partial charge in [0.05, 0.1) is 12.0 Å². The van der Waals surface area contributed by atoms with Crippen molar-refractivity contribution in [1.82, 2.24) is 10.2 Å². The molecule has 7 heteroatoms. The molecule has 1 aliphatic rings. The molecule has 19 heavy (non-hydrogen) atoms. The normalized spacial score (nSPS) is 13.2. The highest BCUT2D eigenvalue weighted by atomic mass is 16.4. The van der Waals surface area contributed by atoms with E-state index < -0.39 is 11.5 Å².